The van der Waals surface area contributed by atoms with Crippen molar-refractivity contribution < 1.29 is 0 Å². The number of nitrogens with two attached hydrogens (primary N) is 1. The molecule has 0 amide bonds. The summed E-state index contributed by atoms with van der Waals surface area (Å²) in [4.78, 5) is 0. The fraction of sp³-hybridized carbons (Fsp3) is 0.833. The van der Waals surface area contributed by atoms with E-state index in [1.54, 1.807) is 0 Å². The van der Waals surface area contributed by atoms with Gasteiger partial charge in [-0.3, -0.25) is 4.68 Å². The minimum Gasteiger partial charge on any atom is -0.330 e. The van der Waals surface area contributed by atoms with Crippen LogP contribution in [-0.2, 0) is 6.42 Å². The third kappa shape index (κ3) is 4.09. The van der Waals surface area contributed by atoms with Gasteiger partial charge in [0, 0.05) is 12.2 Å². The summed E-state index contributed by atoms with van der Waals surface area (Å²) in [5.41, 5.74) is 7.68. The van der Waals surface area contributed by atoms with Crippen molar-refractivity contribution in [3.63, 3.8) is 0 Å². The molecule has 3 nitrogen and oxygen atoms in total. The molecule has 1 aliphatic carbocycles. The molecule has 3 heteroatoms. The Hall–Kier alpha value is -0.830. The molecule has 1 fully saturated rings. The molecule has 0 aromatic carbocycles. The molecule has 1 heterocycles. The van der Waals surface area contributed by atoms with E-state index in [2.05, 4.69) is 51.6 Å². The van der Waals surface area contributed by atoms with E-state index in [-0.39, 0.29) is 0 Å². The summed E-state index contributed by atoms with van der Waals surface area (Å²) in [5, 5.41) is 4.74. The first-order valence-electron chi connectivity index (χ1n) is 8.55. The molecule has 1 aromatic rings. The molecular weight excluding hydrogens is 258 g/mol. The molecule has 1 saturated carbocycles. The van der Waals surface area contributed by atoms with Crippen LogP contribution in [0.15, 0.2) is 12.3 Å². The lowest BCUT2D eigenvalue weighted by atomic mass is 9.64. The summed E-state index contributed by atoms with van der Waals surface area (Å²) in [7, 11) is 0. The number of aromatic nitrogens is 2. The van der Waals surface area contributed by atoms with Crippen molar-refractivity contribution in [1.82, 2.24) is 9.78 Å². The van der Waals surface area contributed by atoms with Crippen LogP contribution in [-0.4, -0.2) is 16.3 Å². The minimum absolute atomic E-state index is 0.412. The molecule has 2 rings (SSSR count). The first kappa shape index (κ1) is 16.5. The number of hydrogen-bond acceptors (Lipinski definition) is 2. The second-order valence-corrected chi connectivity index (χ2v) is 8.22. The van der Waals surface area contributed by atoms with Gasteiger partial charge in [0.1, 0.15) is 0 Å². The Morgan fingerprint density at radius 2 is 2.00 bits per heavy atom. The summed E-state index contributed by atoms with van der Waals surface area (Å²) < 4.78 is 2.07. The van der Waals surface area contributed by atoms with E-state index in [4.69, 9.17) is 10.8 Å². The van der Waals surface area contributed by atoms with Crippen molar-refractivity contribution >= 4 is 0 Å². The standard InChI is InChI=1S/C18H33N3/c1-13(2)21-9-8-17(20-21)11-15-10-16(18(3,4)5)7-6-14(15)12-19/h8-9,13-16H,6-7,10-12,19H2,1-5H3. The minimum atomic E-state index is 0.412. The van der Waals surface area contributed by atoms with Gasteiger partial charge in [0.25, 0.3) is 0 Å². The Morgan fingerprint density at radius 3 is 2.52 bits per heavy atom. The molecule has 1 aromatic heterocycles. The maximum absolute atomic E-state index is 6.03. The predicted molar refractivity (Wildman–Crippen MR) is 89.1 cm³/mol. The molecule has 2 N–H and O–H groups in total. The molecule has 3 unspecified atom stereocenters. The zero-order valence-electron chi connectivity index (χ0n) is 14.5. The lowest BCUT2D eigenvalue weighted by molar-refractivity contribution is 0.100. The Morgan fingerprint density at radius 1 is 1.29 bits per heavy atom. The summed E-state index contributed by atoms with van der Waals surface area (Å²) in [5.74, 6) is 2.19. The molecule has 0 aliphatic heterocycles. The number of rotatable bonds is 4. The van der Waals surface area contributed by atoms with Gasteiger partial charge in [0.2, 0.25) is 0 Å². The summed E-state index contributed by atoms with van der Waals surface area (Å²) >= 11 is 0. The first-order valence-corrected chi connectivity index (χ1v) is 8.55. The van der Waals surface area contributed by atoms with Crippen molar-refractivity contribution in [1.29, 1.82) is 0 Å². The fourth-order valence-electron chi connectivity index (χ4n) is 3.72. The van der Waals surface area contributed by atoms with E-state index in [9.17, 15) is 0 Å². The fourth-order valence-corrected chi connectivity index (χ4v) is 3.72. The Labute approximate surface area is 130 Å². The summed E-state index contributed by atoms with van der Waals surface area (Å²) in [6.45, 7) is 12.3. The average Bonchev–Trinajstić information content (AvgIpc) is 2.86. The Balaban J connectivity index is 2.06. The van der Waals surface area contributed by atoms with Gasteiger partial charge in [-0.05, 0) is 75.3 Å². The van der Waals surface area contributed by atoms with Crippen LogP contribution in [0.25, 0.3) is 0 Å². The monoisotopic (exact) mass is 291 g/mol. The second-order valence-electron chi connectivity index (χ2n) is 8.22. The maximum Gasteiger partial charge on any atom is 0.0627 e. The van der Waals surface area contributed by atoms with Crippen LogP contribution in [0, 0.1) is 23.2 Å². The van der Waals surface area contributed by atoms with Gasteiger partial charge in [-0.2, -0.15) is 5.10 Å². The van der Waals surface area contributed by atoms with Crippen LogP contribution >= 0.6 is 0 Å². The summed E-state index contributed by atoms with van der Waals surface area (Å²) in [6.07, 6.45) is 7.13. The second kappa shape index (κ2) is 6.51. The largest absolute Gasteiger partial charge is 0.330 e. The Kier molecular flexibility index (Phi) is 5.13. The zero-order chi connectivity index (χ0) is 15.6. The zero-order valence-corrected chi connectivity index (χ0v) is 14.5. The molecule has 0 saturated heterocycles. The molecule has 0 radical (unpaired) electrons. The van der Waals surface area contributed by atoms with E-state index in [0.29, 0.717) is 23.3 Å². The Bertz CT molecular complexity index is 442. The topological polar surface area (TPSA) is 43.8 Å². The molecule has 21 heavy (non-hydrogen) atoms. The lowest BCUT2D eigenvalue weighted by Gasteiger charge is -2.41. The SMILES string of the molecule is CC(C)n1ccc(CC2CC(C(C)(C)C)CCC2CN)n1. The van der Waals surface area contributed by atoms with Gasteiger partial charge in [0.05, 0.1) is 5.69 Å². The van der Waals surface area contributed by atoms with Crippen LogP contribution < -0.4 is 5.73 Å². The quantitative estimate of drug-likeness (QED) is 0.909. The van der Waals surface area contributed by atoms with Gasteiger partial charge in [-0.25, -0.2) is 0 Å². The smallest absolute Gasteiger partial charge is 0.0627 e. The highest BCUT2D eigenvalue weighted by Gasteiger charge is 2.35. The third-order valence-corrected chi connectivity index (χ3v) is 5.33. The highest BCUT2D eigenvalue weighted by Crippen LogP contribution is 2.43. The predicted octanol–water partition coefficient (Wildman–Crippen LogP) is 4.04. The summed E-state index contributed by atoms with van der Waals surface area (Å²) in [6, 6.07) is 2.63. The molecule has 0 spiro atoms. The maximum atomic E-state index is 6.03. The highest BCUT2D eigenvalue weighted by molar-refractivity contribution is 5.03. The first-order chi connectivity index (χ1) is 9.81. The van der Waals surface area contributed by atoms with E-state index in [1.165, 1.54) is 25.0 Å². The number of nitrogens with zero attached hydrogens (tertiary/aromatic N) is 2. The van der Waals surface area contributed by atoms with E-state index in [0.717, 1.165) is 18.9 Å². The van der Waals surface area contributed by atoms with Gasteiger partial charge < -0.3 is 5.73 Å². The van der Waals surface area contributed by atoms with Crippen molar-refractivity contribution in [2.24, 2.45) is 28.9 Å². The van der Waals surface area contributed by atoms with Gasteiger partial charge in [-0.15, -0.1) is 0 Å². The molecule has 0 bridgehead atoms. The van der Waals surface area contributed by atoms with Crippen molar-refractivity contribution in [2.45, 2.75) is 66.3 Å². The van der Waals surface area contributed by atoms with Crippen molar-refractivity contribution in [3.8, 4) is 0 Å². The van der Waals surface area contributed by atoms with Crippen LogP contribution in [0.4, 0.5) is 0 Å². The molecule has 1 aliphatic rings. The van der Waals surface area contributed by atoms with Crippen molar-refractivity contribution in [2.75, 3.05) is 6.54 Å². The normalized spacial score (nSPS) is 27.3. The van der Waals surface area contributed by atoms with Crippen LogP contribution in [0.1, 0.15) is 65.6 Å². The molecule has 120 valence electrons. The van der Waals surface area contributed by atoms with Crippen LogP contribution in [0.5, 0.6) is 0 Å². The third-order valence-electron chi connectivity index (χ3n) is 5.33. The number of hydrogen-bond donors (Lipinski definition) is 1. The van der Waals surface area contributed by atoms with Gasteiger partial charge in [0.15, 0.2) is 0 Å². The van der Waals surface area contributed by atoms with E-state index < -0.39 is 0 Å². The molecular formula is C18H33N3. The average molecular weight is 291 g/mol. The molecule has 3 atom stereocenters. The van der Waals surface area contributed by atoms with Crippen molar-refractivity contribution in [3.05, 3.63) is 18.0 Å². The lowest BCUT2D eigenvalue weighted by Crippen LogP contribution is -2.36. The highest BCUT2D eigenvalue weighted by atomic mass is 15.3. The van der Waals surface area contributed by atoms with E-state index in [1.807, 2.05) is 0 Å². The van der Waals surface area contributed by atoms with Crippen LogP contribution in [0.2, 0.25) is 0 Å². The van der Waals surface area contributed by atoms with Gasteiger partial charge >= 0.3 is 0 Å². The van der Waals surface area contributed by atoms with Gasteiger partial charge in [-0.1, -0.05) is 20.8 Å². The van der Waals surface area contributed by atoms with E-state index >= 15 is 0 Å². The van der Waals surface area contributed by atoms with Crippen LogP contribution in [0.3, 0.4) is 0 Å².